The molecule has 0 saturated carbocycles. The number of hydrogen-bond donors (Lipinski definition) is 1. The molecular formula is C8H12NO2S. The Balaban J connectivity index is 2.84. The second-order valence-electron chi connectivity index (χ2n) is 2.68. The van der Waals surface area contributed by atoms with E-state index in [0.717, 1.165) is 11.3 Å². The monoisotopic (exact) mass is 186 g/mol. The van der Waals surface area contributed by atoms with Gasteiger partial charge in [0.1, 0.15) is 0 Å². The highest BCUT2D eigenvalue weighted by atomic mass is 32.2. The second-order valence-corrected chi connectivity index (χ2v) is 4.77. The molecule has 3 nitrogen and oxygen atoms in total. The maximum Gasteiger partial charge on any atom is 0.159 e. The van der Waals surface area contributed by atoms with Crippen LogP contribution in [0.1, 0.15) is 18.2 Å². The van der Waals surface area contributed by atoms with Crippen molar-refractivity contribution in [2.45, 2.75) is 19.6 Å². The number of sulfone groups is 1. The summed E-state index contributed by atoms with van der Waals surface area (Å²) in [6, 6.07) is 1.86. The molecule has 1 heterocycles. The first-order valence-electron chi connectivity index (χ1n) is 3.70. The molecular weight excluding hydrogens is 174 g/mol. The first-order chi connectivity index (χ1) is 5.55. The summed E-state index contributed by atoms with van der Waals surface area (Å²) in [6.45, 7) is 3.42. The van der Waals surface area contributed by atoms with Gasteiger partial charge in [0, 0.05) is 11.9 Å². The molecule has 0 atom stereocenters. The normalized spacial score (nSPS) is 11.8. The summed E-state index contributed by atoms with van der Waals surface area (Å²) in [5, 5.41) is 0. The van der Waals surface area contributed by atoms with Gasteiger partial charge >= 0.3 is 0 Å². The molecule has 1 radical (unpaired) electrons. The minimum atomic E-state index is -3.02. The molecule has 0 aliphatic heterocycles. The Morgan fingerprint density at radius 1 is 1.58 bits per heavy atom. The Morgan fingerprint density at radius 3 is 2.67 bits per heavy atom. The highest BCUT2D eigenvalue weighted by Crippen LogP contribution is 2.10. The molecule has 1 aromatic heterocycles. The number of rotatable bonds is 3. The van der Waals surface area contributed by atoms with E-state index in [1.807, 2.05) is 13.0 Å². The number of H-pyrrole nitrogens is 1. The quantitative estimate of drug-likeness (QED) is 0.776. The zero-order valence-corrected chi connectivity index (χ0v) is 7.98. The van der Waals surface area contributed by atoms with Crippen LogP contribution in [0.15, 0.2) is 12.3 Å². The Bertz CT molecular complexity index is 351. The Kier molecular flexibility index (Phi) is 2.57. The molecule has 0 aromatic carbocycles. The van der Waals surface area contributed by atoms with Crippen LogP contribution < -0.4 is 0 Å². The van der Waals surface area contributed by atoms with Crippen molar-refractivity contribution in [1.82, 2.24) is 4.98 Å². The molecule has 0 aliphatic rings. The Hall–Kier alpha value is -0.770. The van der Waals surface area contributed by atoms with E-state index in [1.54, 1.807) is 6.20 Å². The SMILES string of the molecule is C[CH]S(=O)(=O)Cc1[nH]ccc1C. The van der Waals surface area contributed by atoms with Crippen LogP contribution in [0.3, 0.4) is 0 Å². The zero-order chi connectivity index (χ0) is 9.19. The van der Waals surface area contributed by atoms with Crippen LogP contribution in [0.5, 0.6) is 0 Å². The van der Waals surface area contributed by atoms with Crippen LogP contribution >= 0.6 is 0 Å². The maximum atomic E-state index is 11.1. The number of aromatic amines is 1. The fourth-order valence-electron chi connectivity index (χ4n) is 0.922. The maximum absolute atomic E-state index is 11.1. The summed E-state index contributed by atoms with van der Waals surface area (Å²) in [5.74, 6) is 1.30. The van der Waals surface area contributed by atoms with Crippen molar-refractivity contribution in [3.63, 3.8) is 0 Å². The minimum absolute atomic E-state index is 0.0718. The van der Waals surface area contributed by atoms with E-state index in [0.29, 0.717) is 0 Å². The summed E-state index contributed by atoms with van der Waals surface area (Å²) in [6.07, 6.45) is 1.75. The Morgan fingerprint density at radius 2 is 2.25 bits per heavy atom. The second kappa shape index (κ2) is 3.31. The highest BCUT2D eigenvalue weighted by molar-refractivity contribution is 7.92. The van der Waals surface area contributed by atoms with Crippen LogP contribution in [0.2, 0.25) is 0 Å². The number of aromatic nitrogens is 1. The standard InChI is InChI=1S/C8H12NO2S/c1-3-12(10,11)6-8-7(2)4-5-9-8/h3-5,9H,6H2,1-2H3. The molecule has 0 fully saturated rings. The van der Waals surface area contributed by atoms with Crippen molar-refractivity contribution in [3.8, 4) is 0 Å². The molecule has 0 bridgehead atoms. The average Bonchev–Trinajstić information content (AvgIpc) is 2.36. The molecule has 0 saturated heterocycles. The predicted molar refractivity (Wildman–Crippen MR) is 48.1 cm³/mol. The number of hydrogen-bond acceptors (Lipinski definition) is 2. The molecule has 4 heteroatoms. The molecule has 1 N–H and O–H groups in total. The van der Waals surface area contributed by atoms with E-state index in [-0.39, 0.29) is 5.75 Å². The summed E-state index contributed by atoms with van der Waals surface area (Å²) in [4.78, 5) is 2.90. The molecule has 0 aliphatic carbocycles. The summed E-state index contributed by atoms with van der Waals surface area (Å²) in [5.41, 5.74) is 1.76. The molecule has 1 rings (SSSR count). The van der Waals surface area contributed by atoms with Gasteiger partial charge in [-0.25, -0.2) is 8.42 Å². The summed E-state index contributed by atoms with van der Waals surface area (Å²) in [7, 11) is -3.02. The molecule has 1 aromatic rings. The van der Waals surface area contributed by atoms with Crippen molar-refractivity contribution in [1.29, 1.82) is 0 Å². The Labute approximate surface area is 72.7 Å². The van der Waals surface area contributed by atoms with Gasteiger partial charge in [0.15, 0.2) is 9.84 Å². The van der Waals surface area contributed by atoms with Crippen LogP contribution in [-0.2, 0) is 15.6 Å². The topological polar surface area (TPSA) is 49.9 Å². The highest BCUT2D eigenvalue weighted by Gasteiger charge is 2.11. The van der Waals surface area contributed by atoms with Crippen molar-refractivity contribution in [2.75, 3.05) is 0 Å². The van der Waals surface area contributed by atoms with Gasteiger partial charge in [0.2, 0.25) is 0 Å². The van der Waals surface area contributed by atoms with Crippen LogP contribution in [0, 0.1) is 12.7 Å². The van der Waals surface area contributed by atoms with E-state index in [9.17, 15) is 8.42 Å². The van der Waals surface area contributed by atoms with E-state index < -0.39 is 9.84 Å². The third-order valence-corrected chi connectivity index (χ3v) is 3.18. The lowest BCUT2D eigenvalue weighted by atomic mass is 10.3. The van der Waals surface area contributed by atoms with E-state index in [4.69, 9.17) is 0 Å². The van der Waals surface area contributed by atoms with Gasteiger partial charge < -0.3 is 4.98 Å². The van der Waals surface area contributed by atoms with Crippen LogP contribution in [0.4, 0.5) is 0 Å². The van der Waals surface area contributed by atoms with Gasteiger partial charge in [-0.3, -0.25) is 0 Å². The number of aryl methyl sites for hydroxylation is 1. The van der Waals surface area contributed by atoms with Gasteiger partial charge in [0.05, 0.1) is 11.5 Å². The van der Waals surface area contributed by atoms with Crippen molar-refractivity contribution in [3.05, 3.63) is 29.3 Å². The van der Waals surface area contributed by atoms with Crippen molar-refractivity contribution in [2.24, 2.45) is 0 Å². The van der Waals surface area contributed by atoms with E-state index in [2.05, 4.69) is 4.98 Å². The van der Waals surface area contributed by atoms with Crippen LogP contribution in [-0.4, -0.2) is 13.4 Å². The van der Waals surface area contributed by atoms with Crippen molar-refractivity contribution >= 4 is 9.84 Å². The van der Waals surface area contributed by atoms with Crippen molar-refractivity contribution < 1.29 is 8.42 Å². The largest absolute Gasteiger partial charge is 0.364 e. The third kappa shape index (κ3) is 2.11. The van der Waals surface area contributed by atoms with Gasteiger partial charge in [-0.05, 0) is 25.5 Å². The fraction of sp³-hybridized carbons (Fsp3) is 0.375. The molecule has 0 spiro atoms. The smallest absolute Gasteiger partial charge is 0.159 e. The predicted octanol–water partition coefficient (Wildman–Crippen LogP) is 1.42. The molecule has 67 valence electrons. The average molecular weight is 186 g/mol. The van der Waals surface area contributed by atoms with Gasteiger partial charge in [-0.2, -0.15) is 0 Å². The number of nitrogens with one attached hydrogen (secondary N) is 1. The third-order valence-electron chi connectivity index (χ3n) is 1.77. The fourth-order valence-corrected chi connectivity index (χ4v) is 1.80. The molecule has 0 amide bonds. The van der Waals surface area contributed by atoms with Gasteiger partial charge in [0.25, 0.3) is 0 Å². The van der Waals surface area contributed by atoms with E-state index >= 15 is 0 Å². The van der Waals surface area contributed by atoms with E-state index in [1.165, 1.54) is 12.7 Å². The summed E-state index contributed by atoms with van der Waals surface area (Å²) >= 11 is 0. The first-order valence-corrected chi connectivity index (χ1v) is 5.41. The lowest BCUT2D eigenvalue weighted by Gasteiger charge is -1.99. The molecule has 12 heavy (non-hydrogen) atoms. The molecule has 0 unspecified atom stereocenters. The van der Waals surface area contributed by atoms with Gasteiger partial charge in [-0.15, -0.1) is 0 Å². The lowest BCUT2D eigenvalue weighted by molar-refractivity contribution is 0.600. The van der Waals surface area contributed by atoms with Gasteiger partial charge in [-0.1, -0.05) is 0 Å². The van der Waals surface area contributed by atoms with Crippen LogP contribution in [0.25, 0.3) is 0 Å². The zero-order valence-electron chi connectivity index (χ0n) is 7.16. The lowest BCUT2D eigenvalue weighted by Crippen LogP contribution is -2.03. The first kappa shape index (κ1) is 9.32. The summed E-state index contributed by atoms with van der Waals surface area (Å²) < 4.78 is 22.3. The minimum Gasteiger partial charge on any atom is -0.364 e.